The second kappa shape index (κ2) is 11.1. The molecule has 2 unspecified atom stereocenters. The van der Waals surface area contributed by atoms with Crippen molar-refractivity contribution < 1.29 is 23.5 Å². The van der Waals surface area contributed by atoms with Gasteiger partial charge in [0.15, 0.2) is 0 Å². The maximum Gasteiger partial charge on any atom is 0.410 e. The minimum Gasteiger partial charge on any atom is -0.444 e. The number of halogens is 1. The molecule has 0 bridgehead atoms. The third-order valence-corrected chi connectivity index (χ3v) is 8.66. The first-order chi connectivity index (χ1) is 20.5. The van der Waals surface area contributed by atoms with Crippen LogP contribution in [-0.2, 0) is 16.0 Å². The van der Waals surface area contributed by atoms with Crippen molar-refractivity contribution in [1.82, 2.24) is 24.9 Å². The van der Waals surface area contributed by atoms with Crippen LogP contribution in [0.1, 0.15) is 55.2 Å². The number of likely N-dealkylation sites (tertiary alicyclic amines) is 3. The average molecular weight is 590 g/mol. The van der Waals surface area contributed by atoms with Gasteiger partial charge in [-0.2, -0.15) is 5.10 Å². The van der Waals surface area contributed by atoms with E-state index in [2.05, 4.69) is 10.2 Å². The molecule has 3 aliphatic heterocycles. The molecule has 3 amide bonds. The first-order valence-electron chi connectivity index (χ1n) is 14.8. The molecule has 10 nitrogen and oxygen atoms in total. The molecule has 6 rings (SSSR count). The summed E-state index contributed by atoms with van der Waals surface area (Å²) in [6.45, 7) is 7.78. The number of carbonyl (C=O) groups is 3. The van der Waals surface area contributed by atoms with Crippen LogP contribution in [0.3, 0.4) is 0 Å². The number of H-pyrrole nitrogens is 1. The number of aromatic amines is 1. The van der Waals surface area contributed by atoms with Crippen molar-refractivity contribution in [3.05, 3.63) is 75.5 Å². The van der Waals surface area contributed by atoms with Crippen molar-refractivity contribution in [3.63, 3.8) is 0 Å². The molecule has 3 aromatic rings. The van der Waals surface area contributed by atoms with Crippen molar-refractivity contribution in [2.45, 2.75) is 51.7 Å². The Morgan fingerprint density at radius 2 is 1.67 bits per heavy atom. The lowest BCUT2D eigenvalue weighted by atomic mass is 10.0. The third kappa shape index (κ3) is 5.72. The van der Waals surface area contributed by atoms with Gasteiger partial charge in [-0.3, -0.25) is 19.3 Å². The molecule has 11 heteroatoms. The van der Waals surface area contributed by atoms with Crippen LogP contribution in [0.25, 0.3) is 10.8 Å². The Balaban J connectivity index is 1.11. The summed E-state index contributed by atoms with van der Waals surface area (Å²) in [5.74, 6) is -0.861. The largest absolute Gasteiger partial charge is 0.444 e. The van der Waals surface area contributed by atoms with E-state index in [4.69, 9.17) is 4.74 Å². The highest BCUT2D eigenvalue weighted by molar-refractivity contribution is 5.95. The molecule has 0 radical (unpaired) electrons. The maximum absolute atomic E-state index is 14.9. The van der Waals surface area contributed by atoms with E-state index in [1.807, 2.05) is 17.0 Å². The molecular formula is C32H36FN5O5. The van der Waals surface area contributed by atoms with Crippen molar-refractivity contribution in [1.29, 1.82) is 0 Å². The number of fused-ring (bicyclic) bond motifs is 2. The van der Waals surface area contributed by atoms with Gasteiger partial charge in [-0.25, -0.2) is 14.3 Å². The number of nitrogens with zero attached hydrogens (tertiary/aromatic N) is 4. The summed E-state index contributed by atoms with van der Waals surface area (Å²) in [4.78, 5) is 56.8. The minimum atomic E-state index is -0.639. The molecule has 1 aromatic heterocycles. The molecule has 226 valence electrons. The van der Waals surface area contributed by atoms with E-state index in [0.717, 1.165) is 6.42 Å². The van der Waals surface area contributed by atoms with Gasteiger partial charge < -0.3 is 14.5 Å². The molecule has 4 heterocycles. The fourth-order valence-corrected chi connectivity index (χ4v) is 6.63. The Bertz CT molecular complexity index is 1640. The predicted octanol–water partition coefficient (Wildman–Crippen LogP) is 3.58. The number of benzene rings is 2. The smallest absolute Gasteiger partial charge is 0.410 e. The lowest BCUT2D eigenvalue weighted by molar-refractivity contribution is -0.135. The number of nitrogens with one attached hydrogen (secondary N) is 1. The highest BCUT2D eigenvalue weighted by Gasteiger charge is 2.46. The van der Waals surface area contributed by atoms with Crippen molar-refractivity contribution >= 4 is 28.7 Å². The van der Waals surface area contributed by atoms with Gasteiger partial charge in [-0.05, 0) is 57.4 Å². The summed E-state index contributed by atoms with van der Waals surface area (Å²) in [6.07, 6.45) is 1.21. The number of hydrogen-bond donors (Lipinski definition) is 1. The summed E-state index contributed by atoms with van der Waals surface area (Å²) in [5, 5.41) is 7.95. The number of rotatable bonds is 4. The van der Waals surface area contributed by atoms with Crippen LogP contribution >= 0.6 is 0 Å². The van der Waals surface area contributed by atoms with Gasteiger partial charge in [0, 0.05) is 56.4 Å². The fraction of sp³-hybridized carbons (Fsp3) is 0.469. The molecule has 3 atom stereocenters. The highest BCUT2D eigenvalue weighted by atomic mass is 19.1. The Labute approximate surface area is 248 Å². The maximum atomic E-state index is 14.9. The number of carbonyl (C=O) groups excluding carboxylic acids is 3. The van der Waals surface area contributed by atoms with Gasteiger partial charge in [0.25, 0.3) is 11.5 Å². The van der Waals surface area contributed by atoms with Crippen LogP contribution < -0.4 is 5.56 Å². The molecule has 0 spiro atoms. The summed E-state index contributed by atoms with van der Waals surface area (Å²) >= 11 is 0. The summed E-state index contributed by atoms with van der Waals surface area (Å²) < 4.78 is 20.5. The molecule has 3 fully saturated rings. The van der Waals surface area contributed by atoms with E-state index in [1.54, 1.807) is 54.8 Å². The van der Waals surface area contributed by atoms with E-state index in [0.29, 0.717) is 67.6 Å². The van der Waals surface area contributed by atoms with E-state index in [1.165, 1.54) is 6.07 Å². The number of ether oxygens (including phenoxy) is 1. The number of amides is 3. The predicted molar refractivity (Wildman–Crippen MR) is 157 cm³/mol. The Morgan fingerprint density at radius 1 is 1.00 bits per heavy atom. The topological polar surface area (TPSA) is 116 Å². The first kappa shape index (κ1) is 28.8. The standard InChI is InChI=1S/C32H36FN5O5/c1-32(2,3)43-31(42)38-12-6-9-27(38)30(41)37-17-20-15-36(16-21(20)18-37)29(40)24-13-19(10-11-25(24)33)14-26-22-7-4-5-8-23(22)28(39)35-34-26/h4-5,7-8,10-11,13,20-21,27H,6,9,12,14-18H2,1-3H3,(H,35,39)/t20?,21?,27-/m0/s1. The monoisotopic (exact) mass is 589 g/mol. The normalized spacial score (nSPS) is 21.9. The number of aromatic nitrogens is 2. The minimum absolute atomic E-state index is 0.00176. The highest BCUT2D eigenvalue weighted by Crippen LogP contribution is 2.34. The van der Waals surface area contributed by atoms with E-state index < -0.39 is 23.6 Å². The van der Waals surface area contributed by atoms with Crippen LogP contribution in [0.2, 0.25) is 0 Å². The van der Waals surface area contributed by atoms with Gasteiger partial charge in [0.2, 0.25) is 5.91 Å². The second-order valence-electron chi connectivity index (χ2n) is 12.8. The first-order valence-corrected chi connectivity index (χ1v) is 14.8. The van der Waals surface area contributed by atoms with Crippen LogP contribution in [0, 0.1) is 17.7 Å². The lowest BCUT2D eigenvalue weighted by Crippen LogP contribution is -2.49. The lowest BCUT2D eigenvalue weighted by Gasteiger charge is -2.30. The molecule has 2 aromatic carbocycles. The Hall–Kier alpha value is -4.28. The van der Waals surface area contributed by atoms with Crippen molar-refractivity contribution in [2.75, 3.05) is 32.7 Å². The summed E-state index contributed by atoms with van der Waals surface area (Å²) in [7, 11) is 0. The third-order valence-electron chi connectivity index (χ3n) is 8.66. The Kier molecular flexibility index (Phi) is 7.43. The quantitative estimate of drug-likeness (QED) is 0.498. The van der Waals surface area contributed by atoms with E-state index in [-0.39, 0.29) is 34.8 Å². The Morgan fingerprint density at radius 3 is 2.37 bits per heavy atom. The van der Waals surface area contributed by atoms with Crippen molar-refractivity contribution in [2.24, 2.45) is 11.8 Å². The summed E-state index contributed by atoms with van der Waals surface area (Å²) in [6, 6.07) is 11.1. The molecule has 3 saturated heterocycles. The SMILES string of the molecule is CC(C)(C)OC(=O)N1CCC[C@H]1C(=O)N1CC2CN(C(=O)c3cc(Cc4n[nH]c(=O)c5ccccc45)ccc3F)CC2C1. The summed E-state index contributed by atoms with van der Waals surface area (Å²) in [5.41, 5.74) is 0.417. The van der Waals surface area contributed by atoms with Gasteiger partial charge >= 0.3 is 6.09 Å². The zero-order valence-corrected chi connectivity index (χ0v) is 24.6. The van der Waals surface area contributed by atoms with Gasteiger partial charge in [0.05, 0.1) is 16.6 Å². The van der Waals surface area contributed by atoms with Crippen LogP contribution in [-0.4, -0.2) is 87.2 Å². The number of hydrogen-bond acceptors (Lipinski definition) is 6. The van der Waals surface area contributed by atoms with Gasteiger partial charge in [-0.15, -0.1) is 0 Å². The molecule has 43 heavy (non-hydrogen) atoms. The fourth-order valence-electron chi connectivity index (χ4n) is 6.63. The molecule has 0 saturated carbocycles. The van der Waals surface area contributed by atoms with Crippen LogP contribution in [0.4, 0.5) is 9.18 Å². The molecule has 3 aliphatic rings. The molecular weight excluding hydrogens is 553 g/mol. The molecule has 1 N–H and O–H groups in total. The van der Waals surface area contributed by atoms with Crippen LogP contribution in [0.15, 0.2) is 47.3 Å². The van der Waals surface area contributed by atoms with E-state index >= 15 is 0 Å². The van der Waals surface area contributed by atoms with Crippen LogP contribution in [0.5, 0.6) is 0 Å². The molecule has 0 aliphatic carbocycles. The zero-order valence-electron chi connectivity index (χ0n) is 24.6. The van der Waals surface area contributed by atoms with Gasteiger partial charge in [0.1, 0.15) is 17.5 Å². The second-order valence-corrected chi connectivity index (χ2v) is 12.8. The van der Waals surface area contributed by atoms with Gasteiger partial charge in [-0.1, -0.05) is 24.3 Å². The average Bonchev–Trinajstić information content (AvgIpc) is 3.70. The zero-order chi connectivity index (χ0) is 30.5. The van der Waals surface area contributed by atoms with E-state index in [9.17, 15) is 23.6 Å². The van der Waals surface area contributed by atoms with Crippen molar-refractivity contribution in [3.8, 4) is 0 Å².